The Labute approximate surface area is 106 Å². The van der Waals surface area contributed by atoms with E-state index in [-0.39, 0.29) is 12.1 Å². The van der Waals surface area contributed by atoms with Gasteiger partial charge in [-0.25, -0.2) is 0 Å². The lowest BCUT2D eigenvalue weighted by Crippen LogP contribution is -2.40. The molecule has 3 rings (SSSR count). The maximum atomic E-state index is 9.74. The Hall–Kier alpha value is -1.36. The van der Waals surface area contributed by atoms with E-state index in [9.17, 15) is 5.11 Å². The van der Waals surface area contributed by atoms with Crippen LogP contribution in [0.1, 0.15) is 18.5 Å². The fourth-order valence-electron chi connectivity index (χ4n) is 2.45. The van der Waals surface area contributed by atoms with Crippen molar-refractivity contribution < 1.29 is 14.3 Å². The second kappa shape index (κ2) is 4.72. The first-order valence-electron chi connectivity index (χ1n) is 6.23. The van der Waals surface area contributed by atoms with Crippen LogP contribution in [0.25, 0.3) is 11.0 Å². The van der Waals surface area contributed by atoms with E-state index in [1.165, 1.54) is 0 Å². The molecule has 0 radical (unpaired) electrons. The van der Waals surface area contributed by atoms with Gasteiger partial charge < -0.3 is 19.6 Å². The van der Waals surface area contributed by atoms with Gasteiger partial charge in [0.1, 0.15) is 5.58 Å². The van der Waals surface area contributed by atoms with Crippen molar-refractivity contribution in [2.45, 2.75) is 25.1 Å². The van der Waals surface area contributed by atoms with E-state index in [1.54, 1.807) is 6.26 Å². The minimum atomic E-state index is -0.425. The highest BCUT2D eigenvalue weighted by Crippen LogP contribution is 2.26. The molecule has 0 spiro atoms. The molecule has 1 unspecified atom stereocenters. The molecule has 1 aliphatic heterocycles. The summed E-state index contributed by atoms with van der Waals surface area (Å²) in [5, 5.41) is 14.2. The maximum absolute atomic E-state index is 9.74. The van der Waals surface area contributed by atoms with Crippen LogP contribution in [-0.2, 0) is 4.74 Å². The van der Waals surface area contributed by atoms with Crippen molar-refractivity contribution in [3.63, 3.8) is 0 Å². The van der Waals surface area contributed by atoms with Crippen LogP contribution in [0.3, 0.4) is 0 Å². The van der Waals surface area contributed by atoms with Crippen molar-refractivity contribution in [2.75, 3.05) is 13.2 Å². The molecule has 2 N–H and O–H groups in total. The predicted molar refractivity (Wildman–Crippen MR) is 68.4 cm³/mol. The summed E-state index contributed by atoms with van der Waals surface area (Å²) in [5.41, 5.74) is 2.01. The number of benzene rings is 1. The van der Waals surface area contributed by atoms with Crippen LogP contribution >= 0.6 is 0 Å². The maximum Gasteiger partial charge on any atom is 0.134 e. The highest BCUT2D eigenvalue weighted by atomic mass is 16.5. The third kappa shape index (κ3) is 2.03. The molecule has 4 heteroatoms. The lowest BCUT2D eigenvalue weighted by molar-refractivity contribution is 0.121. The normalized spacial score (nSPS) is 25.7. The van der Waals surface area contributed by atoms with Crippen molar-refractivity contribution in [1.29, 1.82) is 0 Å². The van der Waals surface area contributed by atoms with Crippen molar-refractivity contribution in [3.05, 3.63) is 36.1 Å². The molecule has 1 saturated heterocycles. The number of rotatable bonds is 3. The van der Waals surface area contributed by atoms with Crippen LogP contribution in [0.15, 0.2) is 34.9 Å². The molecule has 1 aliphatic rings. The fraction of sp³-hybridized carbons (Fsp3) is 0.429. The zero-order valence-electron chi connectivity index (χ0n) is 10.3. The second-order valence-corrected chi connectivity index (χ2v) is 4.79. The monoisotopic (exact) mass is 247 g/mol. The quantitative estimate of drug-likeness (QED) is 0.869. The van der Waals surface area contributed by atoms with E-state index in [0.717, 1.165) is 16.5 Å². The summed E-state index contributed by atoms with van der Waals surface area (Å²) < 4.78 is 10.8. The molecule has 1 aromatic carbocycles. The Morgan fingerprint density at radius 2 is 2.17 bits per heavy atom. The Balaban J connectivity index is 1.81. The van der Waals surface area contributed by atoms with Crippen LogP contribution in [0.5, 0.6) is 0 Å². The van der Waals surface area contributed by atoms with E-state index >= 15 is 0 Å². The van der Waals surface area contributed by atoms with Gasteiger partial charge in [-0.3, -0.25) is 0 Å². The van der Waals surface area contributed by atoms with Gasteiger partial charge in [0.2, 0.25) is 0 Å². The number of aliphatic hydroxyl groups is 1. The average Bonchev–Trinajstić information content (AvgIpc) is 2.96. The molecule has 0 saturated carbocycles. The van der Waals surface area contributed by atoms with Gasteiger partial charge in [-0.1, -0.05) is 18.2 Å². The van der Waals surface area contributed by atoms with Crippen molar-refractivity contribution in [2.24, 2.45) is 0 Å². The summed E-state index contributed by atoms with van der Waals surface area (Å²) in [6, 6.07) is 8.08. The van der Waals surface area contributed by atoms with Crippen LogP contribution in [0.4, 0.5) is 0 Å². The molecule has 0 bridgehead atoms. The molecule has 4 nitrogen and oxygen atoms in total. The molecule has 2 aromatic rings. The summed E-state index contributed by atoms with van der Waals surface area (Å²) in [4.78, 5) is 0. The van der Waals surface area contributed by atoms with Crippen molar-refractivity contribution in [3.8, 4) is 0 Å². The molecule has 1 aromatic heterocycles. The SMILES string of the molecule is CC(N[C@@H]1COC[C@@H]1O)c1coc2ccccc12. The van der Waals surface area contributed by atoms with Gasteiger partial charge in [-0.2, -0.15) is 0 Å². The van der Waals surface area contributed by atoms with Gasteiger partial charge >= 0.3 is 0 Å². The Bertz CT molecular complexity index is 537. The number of aliphatic hydroxyl groups excluding tert-OH is 1. The number of ether oxygens (including phenoxy) is 1. The standard InChI is InChI=1S/C14H17NO3/c1-9(15-12-7-17-8-13(12)16)11-6-18-14-5-3-2-4-10(11)14/h2-6,9,12-13,15-16H,7-8H2,1H3/t9?,12-,13+/m1/s1. The molecule has 0 aliphatic carbocycles. The first-order chi connectivity index (χ1) is 8.75. The highest BCUT2D eigenvalue weighted by molar-refractivity contribution is 5.81. The number of fused-ring (bicyclic) bond motifs is 1. The van der Waals surface area contributed by atoms with Gasteiger partial charge in [-0.15, -0.1) is 0 Å². The molecular weight excluding hydrogens is 230 g/mol. The van der Waals surface area contributed by atoms with E-state index in [0.29, 0.717) is 13.2 Å². The lowest BCUT2D eigenvalue weighted by Gasteiger charge is -2.20. The second-order valence-electron chi connectivity index (χ2n) is 4.79. The van der Waals surface area contributed by atoms with Gasteiger partial charge in [0, 0.05) is 17.0 Å². The zero-order valence-corrected chi connectivity index (χ0v) is 10.3. The minimum Gasteiger partial charge on any atom is -0.464 e. The number of furan rings is 1. The molecule has 2 heterocycles. The Morgan fingerprint density at radius 3 is 2.94 bits per heavy atom. The predicted octanol–water partition coefficient (Wildman–Crippen LogP) is 1.84. The molecule has 96 valence electrons. The van der Waals surface area contributed by atoms with E-state index in [4.69, 9.17) is 9.15 Å². The molecular formula is C14H17NO3. The summed E-state index contributed by atoms with van der Waals surface area (Å²) >= 11 is 0. The lowest BCUT2D eigenvalue weighted by atomic mass is 10.1. The van der Waals surface area contributed by atoms with Crippen LogP contribution in [-0.4, -0.2) is 30.5 Å². The van der Waals surface area contributed by atoms with Gasteiger partial charge in [0.25, 0.3) is 0 Å². The van der Waals surface area contributed by atoms with E-state index < -0.39 is 6.10 Å². The largest absolute Gasteiger partial charge is 0.464 e. The zero-order chi connectivity index (χ0) is 12.5. The van der Waals surface area contributed by atoms with Crippen LogP contribution in [0.2, 0.25) is 0 Å². The van der Waals surface area contributed by atoms with Gasteiger partial charge in [0.05, 0.1) is 31.6 Å². The summed E-state index contributed by atoms with van der Waals surface area (Å²) in [7, 11) is 0. The van der Waals surface area contributed by atoms with Crippen LogP contribution in [0, 0.1) is 0 Å². The average molecular weight is 247 g/mol. The fourth-order valence-corrected chi connectivity index (χ4v) is 2.45. The minimum absolute atomic E-state index is 0.00587. The summed E-state index contributed by atoms with van der Waals surface area (Å²) in [6.07, 6.45) is 1.36. The third-order valence-electron chi connectivity index (χ3n) is 3.49. The number of hydrogen-bond acceptors (Lipinski definition) is 4. The molecule has 1 fully saturated rings. The van der Waals surface area contributed by atoms with Gasteiger partial charge in [-0.05, 0) is 13.0 Å². The number of nitrogens with one attached hydrogen (secondary N) is 1. The van der Waals surface area contributed by atoms with E-state index in [2.05, 4.69) is 12.2 Å². The summed E-state index contributed by atoms with van der Waals surface area (Å²) in [6.45, 7) is 3.04. The Kier molecular flexibility index (Phi) is 3.07. The Morgan fingerprint density at radius 1 is 1.33 bits per heavy atom. The van der Waals surface area contributed by atoms with Crippen LogP contribution < -0.4 is 5.32 Å². The first-order valence-corrected chi connectivity index (χ1v) is 6.23. The topological polar surface area (TPSA) is 54.6 Å². The third-order valence-corrected chi connectivity index (χ3v) is 3.49. The van der Waals surface area contributed by atoms with E-state index in [1.807, 2.05) is 24.3 Å². The van der Waals surface area contributed by atoms with Crippen molar-refractivity contribution >= 4 is 11.0 Å². The molecule has 18 heavy (non-hydrogen) atoms. The number of hydrogen-bond donors (Lipinski definition) is 2. The first kappa shape index (κ1) is 11.7. The highest BCUT2D eigenvalue weighted by Gasteiger charge is 2.28. The van der Waals surface area contributed by atoms with Gasteiger partial charge in [0.15, 0.2) is 0 Å². The number of para-hydroxylation sites is 1. The molecule has 3 atom stereocenters. The molecule has 0 amide bonds. The smallest absolute Gasteiger partial charge is 0.134 e. The van der Waals surface area contributed by atoms with Crippen molar-refractivity contribution in [1.82, 2.24) is 5.32 Å². The summed E-state index contributed by atoms with van der Waals surface area (Å²) in [5.74, 6) is 0.